The lowest BCUT2D eigenvalue weighted by Gasteiger charge is -2.26. The highest BCUT2D eigenvalue weighted by molar-refractivity contribution is 5.36. The Labute approximate surface area is 163 Å². The number of aryl methyl sites for hydroxylation is 1. The summed E-state index contributed by atoms with van der Waals surface area (Å²) >= 11 is 0. The summed E-state index contributed by atoms with van der Waals surface area (Å²) < 4.78 is 5.36. The maximum Gasteiger partial charge on any atom is 0.119 e. The molecule has 0 saturated heterocycles. The van der Waals surface area contributed by atoms with Crippen molar-refractivity contribution in [3.8, 4) is 5.75 Å². The second-order valence-corrected chi connectivity index (χ2v) is 7.84. The highest BCUT2D eigenvalue weighted by Gasteiger charge is 2.20. The molecule has 0 bridgehead atoms. The maximum absolute atomic E-state index is 9.00. The molecule has 0 fully saturated rings. The predicted molar refractivity (Wildman–Crippen MR) is 111 cm³/mol. The van der Waals surface area contributed by atoms with Crippen LogP contribution in [0.1, 0.15) is 53.9 Å². The van der Waals surface area contributed by atoms with Crippen molar-refractivity contribution in [2.24, 2.45) is 11.7 Å². The summed E-state index contributed by atoms with van der Waals surface area (Å²) in [6.07, 6.45) is 7.65. The van der Waals surface area contributed by atoms with Crippen molar-refractivity contribution >= 4 is 0 Å². The van der Waals surface area contributed by atoms with Crippen LogP contribution in [0.15, 0.2) is 42.5 Å². The Morgan fingerprint density at radius 2 is 2.04 bits per heavy atom. The molecular formula is C24H33NO2. The van der Waals surface area contributed by atoms with Crippen LogP contribution in [0, 0.1) is 5.92 Å². The first kappa shape index (κ1) is 19.9. The van der Waals surface area contributed by atoms with Crippen molar-refractivity contribution in [1.82, 2.24) is 0 Å². The molecule has 0 unspecified atom stereocenters. The molecule has 0 aliphatic heterocycles. The number of rotatable bonds is 9. The first-order valence-electron chi connectivity index (χ1n) is 10.3. The molecule has 2 aromatic carbocycles. The molecule has 146 valence electrons. The summed E-state index contributed by atoms with van der Waals surface area (Å²) in [6, 6.07) is 15.5. The summed E-state index contributed by atoms with van der Waals surface area (Å²) in [5.41, 5.74) is 11.8. The van der Waals surface area contributed by atoms with E-state index in [1.165, 1.54) is 28.7 Å². The van der Waals surface area contributed by atoms with Crippen LogP contribution < -0.4 is 10.5 Å². The molecule has 3 N–H and O–H groups in total. The summed E-state index contributed by atoms with van der Waals surface area (Å²) in [5.74, 6) is 2.06. The lowest BCUT2D eigenvalue weighted by molar-refractivity contribution is 0.281. The van der Waals surface area contributed by atoms with Crippen molar-refractivity contribution in [1.29, 1.82) is 0 Å². The SMILES string of the molecule is COc1cccc(C[C@H]2CCc3cc([C@H](CN)CCCCO)ccc3C2)c1. The Kier molecular flexibility index (Phi) is 7.31. The van der Waals surface area contributed by atoms with Crippen molar-refractivity contribution < 1.29 is 9.84 Å². The Morgan fingerprint density at radius 1 is 1.15 bits per heavy atom. The number of hydrogen-bond acceptors (Lipinski definition) is 3. The van der Waals surface area contributed by atoms with Crippen molar-refractivity contribution in [2.45, 2.75) is 50.9 Å². The molecule has 0 amide bonds. The summed E-state index contributed by atoms with van der Waals surface area (Å²) in [6.45, 7) is 0.957. The molecule has 1 aliphatic rings. The van der Waals surface area contributed by atoms with Gasteiger partial charge in [-0.3, -0.25) is 0 Å². The van der Waals surface area contributed by atoms with Gasteiger partial charge in [0.15, 0.2) is 0 Å². The average Bonchev–Trinajstić information content (AvgIpc) is 2.71. The van der Waals surface area contributed by atoms with E-state index in [1.54, 1.807) is 7.11 Å². The third-order valence-electron chi connectivity index (χ3n) is 5.94. The fraction of sp³-hybridized carbons (Fsp3) is 0.500. The number of ether oxygens (including phenoxy) is 1. The van der Waals surface area contributed by atoms with E-state index in [-0.39, 0.29) is 6.61 Å². The number of hydrogen-bond donors (Lipinski definition) is 2. The summed E-state index contributed by atoms with van der Waals surface area (Å²) in [4.78, 5) is 0. The van der Waals surface area contributed by atoms with Gasteiger partial charge in [0.2, 0.25) is 0 Å². The molecule has 0 aromatic heterocycles. The molecular weight excluding hydrogens is 334 g/mol. The first-order chi connectivity index (χ1) is 13.2. The highest BCUT2D eigenvalue weighted by Crippen LogP contribution is 2.31. The van der Waals surface area contributed by atoms with Gasteiger partial charge in [0, 0.05) is 6.61 Å². The molecule has 2 atom stereocenters. The Morgan fingerprint density at radius 3 is 2.81 bits per heavy atom. The zero-order chi connectivity index (χ0) is 19.1. The minimum Gasteiger partial charge on any atom is -0.497 e. The van der Waals surface area contributed by atoms with Gasteiger partial charge in [-0.2, -0.15) is 0 Å². The van der Waals surface area contributed by atoms with Gasteiger partial charge in [0.05, 0.1) is 7.11 Å². The monoisotopic (exact) mass is 367 g/mol. The first-order valence-corrected chi connectivity index (χ1v) is 10.3. The van der Waals surface area contributed by atoms with E-state index >= 15 is 0 Å². The van der Waals surface area contributed by atoms with Gasteiger partial charge < -0.3 is 15.6 Å². The number of fused-ring (bicyclic) bond motifs is 1. The molecule has 0 saturated carbocycles. The zero-order valence-electron chi connectivity index (χ0n) is 16.5. The fourth-order valence-electron chi connectivity index (χ4n) is 4.33. The van der Waals surface area contributed by atoms with E-state index in [2.05, 4.69) is 36.4 Å². The molecule has 2 aromatic rings. The molecule has 3 rings (SSSR count). The van der Waals surface area contributed by atoms with Crippen LogP contribution in [-0.2, 0) is 19.3 Å². The van der Waals surface area contributed by atoms with Gasteiger partial charge in [0.1, 0.15) is 5.75 Å². The Bertz CT molecular complexity index is 728. The third kappa shape index (κ3) is 5.33. The van der Waals surface area contributed by atoms with E-state index in [1.807, 2.05) is 6.07 Å². The van der Waals surface area contributed by atoms with Gasteiger partial charge in [-0.1, -0.05) is 36.8 Å². The number of methoxy groups -OCH3 is 1. The number of aliphatic hydroxyl groups is 1. The van der Waals surface area contributed by atoms with Crippen molar-refractivity contribution in [3.63, 3.8) is 0 Å². The Hall–Kier alpha value is -1.84. The molecule has 0 heterocycles. The normalized spacial score (nSPS) is 17.4. The van der Waals surface area contributed by atoms with Crippen LogP contribution in [0.4, 0.5) is 0 Å². The van der Waals surface area contributed by atoms with Crippen LogP contribution in [0.5, 0.6) is 5.75 Å². The van der Waals surface area contributed by atoms with E-state index in [4.69, 9.17) is 15.6 Å². The van der Waals surface area contributed by atoms with E-state index in [9.17, 15) is 0 Å². The lowest BCUT2D eigenvalue weighted by Crippen LogP contribution is -2.18. The number of unbranched alkanes of at least 4 members (excludes halogenated alkanes) is 1. The maximum atomic E-state index is 9.00. The van der Waals surface area contributed by atoms with Crippen LogP contribution >= 0.6 is 0 Å². The standard InChI is InChI=1S/C24H33NO2/c1-27-24-7-4-5-18(15-24)13-19-8-9-21-16-22(11-10-20(21)14-19)23(17-25)6-2-3-12-26/h4-5,7,10-11,15-16,19,23,26H,2-3,6,8-9,12-14,17,25H2,1H3/t19-,23+/m1/s1. The topological polar surface area (TPSA) is 55.5 Å². The van der Waals surface area contributed by atoms with Gasteiger partial charge >= 0.3 is 0 Å². The van der Waals surface area contributed by atoms with Gasteiger partial charge in [0.25, 0.3) is 0 Å². The minimum atomic E-state index is 0.274. The third-order valence-corrected chi connectivity index (χ3v) is 5.94. The van der Waals surface area contributed by atoms with Crippen LogP contribution in [-0.4, -0.2) is 25.4 Å². The Balaban J connectivity index is 1.64. The van der Waals surface area contributed by atoms with Gasteiger partial charge in [-0.25, -0.2) is 0 Å². The van der Waals surface area contributed by atoms with E-state index in [0.717, 1.165) is 44.3 Å². The van der Waals surface area contributed by atoms with Crippen molar-refractivity contribution in [2.75, 3.05) is 20.3 Å². The lowest BCUT2D eigenvalue weighted by atomic mass is 9.79. The van der Waals surface area contributed by atoms with Gasteiger partial charge in [-0.15, -0.1) is 0 Å². The molecule has 3 nitrogen and oxygen atoms in total. The fourth-order valence-corrected chi connectivity index (χ4v) is 4.33. The molecule has 3 heteroatoms. The quantitative estimate of drug-likeness (QED) is 0.652. The predicted octanol–water partition coefficient (Wildman–Crippen LogP) is 4.25. The molecule has 1 aliphatic carbocycles. The molecule has 0 radical (unpaired) electrons. The largest absolute Gasteiger partial charge is 0.497 e. The number of aliphatic hydroxyl groups excluding tert-OH is 1. The number of benzene rings is 2. The summed E-state index contributed by atoms with van der Waals surface area (Å²) in [7, 11) is 1.73. The van der Waals surface area contributed by atoms with Crippen LogP contribution in [0.25, 0.3) is 0 Å². The van der Waals surface area contributed by atoms with Gasteiger partial charge in [-0.05, 0) is 91.3 Å². The highest BCUT2D eigenvalue weighted by atomic mass is 16.5. The molecule has 27 heavy (non-hydrogen) atoms. The average molecular weight is 368 g/mol. The zero-order valence-corrected chi connectivity index (χ0v) is 16.5. The smallest absolute Gasteiger partial charge is 0.119 e. The number of nitrogens with two attached hydrogens (primary N) is 1. The molecule has 0 spiro atoms. The summed E-state index contributed by atoms with van der Waals surface area (Å²) in [5, 5.41) is 9.00. The minimum absolute atomic E-state index is 0.274. The van der Waals surface area contributed by atoms with Crippen LogP contribution in [0.3, 0.4) is 0 Å². The van der Waals surface area contributed by atoms with E-state index in [0.29, 0.717) is 18.4 Å². The van der Waals surface area contributed by atoms with E-state index < -0.39 is 0 Å². The van der Waals surface area contributed by atoms with Crippen LogP contribution in [0.2, 0.25) is 0 Å². The second-order valence-electron chi connectivity index (χ2n) is 7.84. The van der Waals surface area contributed by atoms with Crippen molar-refractivity contribution in [3.05, 3.63) is 64.7 Å². The second kappa shape index (κ2) is 9.91.